The number of hydrogen-bond donors (Lipinski definition) is 2. The van der Waals surface area contributed by atoms with Gasteiger partial charge in [-0.05, 0) is 19.1 Å². The van der Waals surface area contributed by atoms with Crippen molar-refractivity contribution in [1.82, 2.24) is 0 Å². The first-order valence-electron chi connectivity index (χ1n) is 4.13. The molecule has 0 bridgehead atoms. The lowest BCUT2D eigenvalue weighted by Gasteiger charge is -2.05. The van der Waals surface area contributed by atoms with Crippen LogP contribution in [0.25, 0.3) is 0 Å². The Labute approximate surface area is 84.9 Å². The number of aromatic carboxylic acids is 1. The molecule has 80 valence electrons. The topological polar surface area (TPSA) is 101 Å². The molecule has 0 aromatic heterocycles. The lowest BCUT2D eigenvalue weighted by molar-refractivity contribution is -0.386. The van der Waals surface area contributed by atoms with Gasteiger partial charge in [-0.25, -0.2) is 4.79 Å². The summed E-state index contributed by atoms with van der Waals surface area (Å²) in [6.45, 7) is 1.38. The van der Waals surface area contributed by atoms with E-state index in [4.69, 9.17) is 5.11 Å². The Balaban J connectivity index is 3.33. The zero-order valence-corrected chi connectivity index (χ0v) is 7.88. The van der Waals surface area contributed by atoms with E-state index < -0.39 is 17.0 Å². The maximum atomic E-state index is 10.6. The second kappa shape index (κ2) is 4.05. The summed E-state index contributed by atoms with van der Waals surface area (Å²) in [4.78, 5) is 20.5. The first-order chi connectivity index (χ1) is 6.93. The molecule has 0 aliphatic heterocycles. The second-order valence-electron chi connectivity index (χ2n) is 3.01. The molecular weight excluding hydrogens is 202 g/mol. The Hall–Kier alpha value is -1.95. The van der Waals surface area contributed by atoms with Gasteiger partial charge in [0.05, 0.1) is 22.2 Å². The second-order valence-corrected chi connectivity index (χ2v) is 3.01. The van der Waals surface area contributed by atoms with E-state index in [1.165, 1.54) is 19.1 Å². The molecule has 0 saturated heterocycles. The van der Waals surface area contributed by atoms with Crippen molar-refractivity contribution in [3.05, 3.63) is 39.4 Å². The largest absolute Gasteiger partial charge is 0.478 e. The lowest BCUT2D eigenvalue weighted by atomic mass is 10.1. The Morgan fingerprint density at radius 2 is 2.13 bits per heavy atom. The van der Waals surface area contributed by atoms with Crippen LogP contribution in [0.4, 0.5) is 5.69 Å². The van der Waals surface area contributed by atoms with Crippen LogP contribution in [0.1, 0.15) is 28.9 Å². The number of aliphatic hydroxyl groups excluding tert-OH is 1. The van der Waals surface area contributed by atoms with Crippen LogP contribution in [0.2, 0.25) is 0 Å². The maximum Gasteiger partial charge on any atom is 0.335 e. The van der Waals surface area contributed by atoms with Crippen molar-refractivity contribution >= 4 is 11.7 Å². The normalized spacial score (nSPS) is 12.1. The van der Waals surface area contributed by atoms with Crippen LogP contribution in [0.5, 0.6) is 0 Å². The highest BCUT2D eigenvalue weighted by Gasteiger charge is 2.19. The minimum atomic E-state index is -1.24. The molecule has 0 radical (unpaired) electrons. The van der Waals surface area contributed by atoms with Crippen molar-refractivity contribution in [1.29, 1.82) is 0 Å². The number of nitro benzene ring substituents is 1. The SMILES string of the molecule is CC(O)c1ccc(C(=O)O)cc1[N+](=O)[O-]. The molecule has 1 aromatic carbocycles. The van der Waals surface area contributed by atoms with Crippen LogP contribution in [-0.2, 0) is 0 Å². The van der Waals surface area contributed by atoms with Crippen LogP contribution in [0.15, 0.2) is 18.2 Å². The molecule has 1 aromatic rings. The minimum absolute atomic E-state index is 0.102. The number of aliphatic hydroxyl groups is 1. The summed E-state index contributed by atoms with van der Waals surface area (Å²) in [5.74, 6) is -1.24. The van der Waals surface area contributed by atoms with Gasteiger partial charge in [-0.2, -0.15) is 0 Å². The van der Waals surface area contributed by atoms with Crippen molar-refractivity contribution in [3.8, 4) is 0 Å². The number of hydrogen-bond acceptors (Lipinski definition) is 4. The summed E-state index contributed by atoms with van der Waals surface area (Å²) in [6.07, 6.45) is -1.01. The number of carbonyl (C=O) groups is 1. The van der Waals surface area contributed by atoms with Gasteiger partial charge in [0, 0.05) is 6.07 Å². The first kappa shape index (κ1) is 11.1. The first-order valence-corrected chi connectivity index (χ1v) is 4.13. The summed E-state index contributed by atoms with van der Waals surface area (Å²) < 4.78 is 0. The molecule has 1 rings (SSSR count). The van der Waals surface area contributed by atoms with Crippen molar-refractivity contribution in [2.45, 2.75) is 13.0 Å². The fraction of sp³-hybridized carbons (Fsp3) is 0.222. The smallest absolute Gasteiger partial charge is 0.335 e. The third-order valence-electron chi connectivity index (χ3n) is 1.92. The fourth-order valence-corrected chi connectivity index (χ4v) is 1.19. The van der Waals surface area contributed by atoms with E-state index in [2.05, 4.69) is 0 Å². The Morgan fingerprint density at radius 3 is 2.53 bits per heavy atom. The predicted molar refractivity (Wildman–Crippen MR) is 50.7 cm³/mol. The van der Waals surface area contributed by atoms with Gasteiger partial charge in [0.15, 0.2) is 0 Å². The van der Waals surface area contributed by atoms with Crippen LogP contribution >= 0.6 is 0 Å². The summed E-state index contributed by atoms with van der Waals surface area (Å²) in [7, 11) is 0. The number of carboxylic acid groups (broad SMARTS) is 1. The third-order valence-corrected chi connectivity index (χ3v) is 1.92. The molecular formula is C9H9NO5. The maximum absolute atomic E-state index is 10.6. The van der Waals surface area contributed by atoms with Crippen LogP contribution in [-0.4, -0.2) is 21.1 Å². The zero-order chi connectivity index (χ0) is 11.6. The average Bonchev–Trinajstić information content (AvgIpc) is 2.16. The van der Waals surface area contributed by atoms with Crippen molar-refractivity contribution in [2.75, 3.05) is 0 Å². The molecule has 0 aliphatic rings. The summed E-state index contributed by atoms with van der Waals surface area (Å²) in [5, 5.41) is 28.5. The van der Waals surface area contributed by atoms with Crippen molar-refractivity contribution in [3.63, 3.8) is 0 Å². The van der Waals surface area contributed by atoms with Gasteiger partial charge in [-0.3, -0.25) is 10.1 Å². The number of nitro groups is 1. The molecule has 0 saturated carbocycles. The molecule has 0 aliphatic carbocycles. The van der Waals surface area contributed by atoms with E-state index in [1.54, 1.807) is 0 Å². The number of benzene rings is 1. The Bertz CT molecular complexity index is 413. The molecule has 0 spiro atoms. The molecule has 1 atom stereocenters. The van der Waals surface area contributed by atoms with Gasteiger partial charge < -0.3 is 10.2 Å². The molecule has 0 heterocycles. The molecule has 2 N–H and O–H groups in total. The Morgan fingerprint density at radius 1 is 1.53 bits per heavy atom. The zero-order valence-electron chi connectivity index (χ0n) is 7.88. The van der Waals surface area contributed by atoms with Gasteiger partial charge in [0.25, 0.3) is 5.69 Å². The standard InChI is InChI=1S/C9H9NO5/c1-5(11)7-3-2-6(9(12)13)4-8(7)10(14)15/h2-5,11H,1H3,(H,12,13). The van der Waals surface area contributed by atoms with Crippen molar-refractivity contribution < 1.29 is 19.9 Å². The van der Waals surface area contributed by atoms with E-state index in [9.17, 15) is 20.0 Å². The number of carboxylic acids is 1. The molecule has 6 heteroatoms. The third kappa shape index (κ3) is 2.29. The minimum Gasteiger partial charge on any atom is -0.478 e. The fourth-order valence-electron chi connectivity index (χ4n) is 1.19. The highest BCUT2D eigenvalue weighted by molar-refractivity contribution is 5.88. The quantitative estimate of drug-likeness (QED) is 0.580. The molecule has 0 fully saturated rings. The van der Waals surface area contributed by atoms with Gasteiger partial charge in [0.1, 0.15) is 0 Å². The number of rotatable bonds is 3. The van der Waals surface area contributed by atoms with Crippen LogP contribution < -0.4 is 0 Å². The number of nitrogens with zero attached hydrogens (tertiary/aromatic N) is 1. The van der Waals surface area contributed by atoms with Gasteiger partial charge in [0.2, 0.25) is 0 Å². The summed E-state index contributed by atoms with van der Waals surface area (Å²) in [6, 6.07) is 3.40. The van der Waals surface area contributed by atoms with E-state index in [1.807, 2.05) is 0 Å². The van der Waals surface area contributed by atoms with Gasteiger partial charge >= 0.3 is 5.97 Å². The molecule has 0 amide bonds. The van der Waals surface area contributed by atoms with Gasteiger partial charge in [-0.15, -0.1) is 0 Å². The van der Waals surface area contributed by atoms with Crippen LogP contribution in [0, 0.1) is 10.1 Å². The monoisotopic (exact) mass is 211 g/mol. The average molecular weight is 211 g/mol. The predicted octanol–water partition coefficient (Wildman–Crippen LogP) is 1.35. The highest BCUT2D eigenvalue weighted by atomic mass is 16.6. The summed E-state index contributed by atoms with van der Waals surface area (Å²) >= 11 is 0. The summed E-state index contributed by atoms with van der Waals surface area (Å²) in [5.41, 5.74) is -0.457. The van der Waals surface area contributed by atoms with E-state index in [0.29, 0.717) is 0 Å². The molecule has 1 unspecified atom stereocenters. The Kier molecular flexibility index (Phi) is 3.01. The van der Waals surface area contributed by atoms with E-state index in [-0.39, 0.29) is 16.8 Å². The molecule has 6 nitrogen and oxygen atoms in total. The van der Waals surface area contributed by atoms with Crippen molar-refractivity contribution in [2.24, 2.45) is 0 Å². The van der Waals surface area contributed by atoms with Crippen LogP contribution in [0.3, 0.4) is 0 Å². The van der Waals surface area contributed by atoms with E-state index >= 15 is 0 Å². The van der Waals surface area contributed by atoms with Gasteiger partial charge in [-0.1, -0.05) is 0 Å². The molecule has 15 heavy (non-hydrogen) atoms. The lowest BCUT2D eigenvalue weighted by Crippen LogP contribution is -2.03. The highest BCUT2D eigenvalue weighted by Crippen LogP contribution is 2.25. The van der Waals surface area contributed by atoms with E-state index in [0.717, 1.165) is 6.07 Å².